The number of rotatable bonds is 8. The van der Waals surface area contributed by atoms with E-state index in [1.54, 1.807) is 14.0 Å². The molecule has 9 heteroatoms. The van der Waals surface area contributed by atoms with E-state index in [0.717, 1.165) is 11.3 Å². The number of hydrogen-bond donors (Lipinski definition) is 2. The van der Waals surface area contributed by atoms with E-state index in [4.69, 9.17) is 9.47 Å². The lowest BCUT2D eigenvalue weighted by Gasteiger charge is -2.06. The van der Waals surface area contributed by atoms with Crippen LogP contribution in [0.4, 0.5) is 10.6 Å². The maximum Gasteiger partial charge on any atom is 0.412 e. The lowest BCUT2D eigenvalue weighted by Crippen LogP contribution is -2.29. The monoisotopic (exact) mass is 347 g/mol. The number of methoxy groups -OCH3 is 1. The van der Waals surface area contributed by atoms with E-state index in [1.165, 1.54) is 10.9 Å². The first-order valence-electron chi connectivity index (χ1n) is 7.84. The van der Waals surface area contributed by atoms with Crippen molar-refractivity contribution in [2.24, 2.45) is 0 Å². The van der Waals surface area contributed by atoms with E-state index in [-0.39, 0.29) is 24.9 Å². The number of hydrogen-bond acceptors (Lipinski definition) is 6. The molecule has 0 fully saturated rings. The van der Waals surface area contributed by atoms with Gasteiger partial charge in [-0.05, 0) is 31.0 Å². The Morgan fingerprint density at radius 1 is 1.32 bits per heavy atom. The maximum absolute atomic E-state index is 11.9. The van der Waals surface area contributed by atoms with Crippen LogP contribution in [0.3, 0.4) is 0 Å². The van der Waals surface area contributed by atoms with Crippen molar-refractivity contribution in [2.75, 3.05) is 25.6 Å². The Balaban J connectivity index is 1.74. The predicted octanol–water partition coefficient (Wildman–Crippen LogP) is 1.21. The molecule has 0 aliphatic carbocycles. The number of ether oxygens (including phenoxy) is 2. The van der Waals surface area contributed by atoms with Crippen molar-refractivity contribution < 1.29 is 19.1 Å². The third kappa shape index (κ3) is 6.13. The van der Waals surface area contributed by atoms with Gasteiger partial charge < -0.3 is 14.8 Å². The van der Waals surface area contributed by atoms with E-state index >= 15 is 0 Å². The zero-order chi connectivity index (χ0) is 18.1. The van der Waals surface area contributed by atoms with Gasteiger partial charge in [0.25, 0.3) is 0 Å². The summed E-state index contributed by atoms with van der Waals surface area (Å²) in [7, 11) is 1.62. The van der Waals surface area contributed by atoms with Crippen molar-refractivity contribution in [2.45, 2.75) is 19.9 Å². The zero-order valence-corrected chi connectivity index (χ0v) is 14.2. The molecular formula is C16H21N5O4. The first kappa shape index (κ1) is 18.2. The van der Waals surface area contributed by atoms with Gasteiger partial charge in [0, 0.05) is 6.54 Å². The summed E-state index contributed by atoms with van der Waals surface area (Å²) < 4.78 is 11.2. The lowest BCUT2D eigenvalue weighted by atomic mass is 10.1. The second-order valence-electron chi connectivity index (χ2n) is 5.10. The van der Waals surface area contributed by atoms with Gasteiger partial charge in [0.05, 0.1) is 19.9 Å². The van der Waals surface area contributed by atoms with Gasteiger partial charge in [-0.3, -0.25) is 10.1 Å². The lowest BCUT2D eigenvalue weighted by molar-refractivity contribution is -0.121. The summed E-state index contributed by atoms with van der Waals surface area (Å²) in [6, 6.07) is 7.68. The van der Waals surface area contributed by atoms with Crippen molar-refractivity contribution in [3.63, 3.8) is 0 Å². The third-order valence-electron chi connectivity index (χ3n) is 3.22. The summed E-state index contributed by atoms with van der Waals surface area (Å²) in [6.07, 6.45) is 1.53. The fourth-order valence-electron chi connectivity index (χ4n) is 2.08. The van der Waals surface area contributed by atoms with Crippen molar-refractivity contribution >= 4 is 17.8 Å². The molecule has 0 saturated carbocycles. The molecule has 0 radical (unpaired) electrons. The molecule has 9 nitrogen and oxygen atoms in total. The van der Waals surface area contributed by atoms with Gasteiger partial charge in [0.2, 0.25) is 5.91 Å². The second-order valence-corrected chi connectivity index (χ2v) is 5.10. The smallest absolute Gasteiger partial charge is 0.412 e. The fourth-order valence-corrected chi connectivity index (χ4v) is 2.08. The first-order valence-corrected chi connectivity index (χ1v) is 7.84. The van der Waals surface area contributed by atoms with Gasteiger partial charge in [-0.25, -0.2) is 9.48 Å². The number of benzene rings is 1. The Hall–Kier alpha value is -3.10. The van der Waals surface area contributed by atoms with Crippen LogP contribution in [0, 0.1) is 0 Å². The van der Waals surface area contributed by atoms with E-state index in [9.17, 15) is 9.59 Å². The van der Waals surface area contributed by atoms with Gasteiger partial charge in [-0.1, -0.05) is 17.3 Å². The molecule has 1 aromatic carbocycles. The molecule has 1 aromatic heterocycles. The quantitative estimate of drug-likeness (QED) is 0.743. The average Bonchev–Trinajstić information content (AvgIpc) is 3.02. The predicted molar refractivity (Wildman–Crippen MR) is 90.4 cm³/mol. The number of aromatic nitrogens is 3. The summed E-state index contributed by atoms with van der Waals surface area (Å²) in [5.41, 5.74) is 1.07. The SMILES string of the molecule is CCOC(=O)Nc1cn(CC(=O)NCCc2cccc(OC)c2)nn1. The maximum atomic E-state index is 11.9. The molecule has 0 unspecified atom stereocenters. The number of nitrogens with zero attached hydrogens (tertiary/aromatic N) is 3. The average molecular weight is 347 g/mol. The molecule has 2 amide bonds. The summed E-state index contributed by atoms with van der Waals surface area (Å²) in [5.74, 6) is 0.811. The molecule has 2 rings (SSSR count). The number of carbonyl (C=O) groups is 2. The summed E-state index contributed by atoms with van der Waals surface area (Å²) >= 11 is 0. The minimum absolute atomic E-state index is 0.00954. The van der Waals surface area contributed by atoms with Crippen molar-refractivity contribution in [1.29, 1.82) is 0 Å². The topological polar surface area (TPSA) is 107 Å². The molecule has 0 saturated heterocycles. The fraction of sp³-hybridized carbons (Fsp3) is 0.375. The van der Waals surface area contributed by atoms with Crippen LogP contribution in [0.25, 0.3) is 0 Å². The van der Waals surface area contributed by atoms with Crippen LogP contribution in [-0.4, -0.2) is 47.3 Å². The molecule has 0 atom stereocenters. The van der Waals surface area contributed by atoms with Crippen LogP contribution in [0.15, 0.2) is 30.5 Å². The molecule has 0 bridgehead atoms. The van der Waals surface area contributed by atoms with Crippen LogP contribution in [0.1, 0.15) is 12.5 Å². The van der Waals surface area contributed by atoms with E-state index in [1.807, 2.05) is 24.3 Å². The number of nitrogens with one attached hydrogen (secondary N) is 2. The highest BCUT2D eigenvalue weighted by Gasteiger charge is 2.08. The van der Waals surface area contributed by atoms with Crippen molar-refractivity contribution in [1.82, 2.24) is 20.3 Å². The highest BCUT2D eigenvalue weighted by Crippen LogP contribution is 2.12. The second kappa shape index (κ2) is 9.26. The van der Waals surface area contributed by atoms with Crippen LogP contribution in [0.5, 0.6) is 5.75 Å². The van der Waals surface area contributed by atoms with Gasteiger partial charge in [-0.15, -0.1) is 5.10 Å². The van der Waals surface area contributed by atoms with Crippen LogP contribution in [-0.2, 0) is 22.5 Å². The first-order chi connectivity index (χ1) is 12.1. The summed E-state index contributed by atoms with van der Waals surface area (Å²) in [5, 5.41) is 12.7. The third-order valence-corrected chi connectivity index (χ3v) is 3.22. The Kier molecular flexibility index (Phi) is 6.76. The summed E-state index contributed by atoms with van der Waals surface area (Å²) in [4.78, 5) is 23.2. The summed E-state index contributed by atoms with van der Waals surface area (Å²) in [6.45, 7) is 2.46. The largest absolute Gasteiger partial charge is 0.497 e. The van der Waals surface area contributed by atoms with Crippen LogP contribution in [0.2, 0.25) is 0 Å². The Bertz CT molecular complexity index is 716. The van der Waals surface area contributed by atoms with Gasteiger partial charge >= 0.3 is 6.09 Å². The molecule has 25 heavy (non-hydrogen) atoms. The van der Waals surface area contributed by atoms with Gasteiger partial charge in [-0.2, -0.15) is 0 Å². The molecule has 2 N–H and O–H groups in total. The molecule has 2 aromatic rings. The van der Waals surface area contributed by atoms with Gasteiger partial charge in [0.1, 0.15) is 12.3 Å². The minimum Gasteiger partial charge on any atom is -0.497 e. The molecule has 1 heterocycles. The molecule has 134 valence electrons. The van der Waals surface area contributed by atoms with E-state index in [0.29, 0.717) is 13.0 Å². The highest BCUT2D eigenvalue weighted by molar-refractivity contribution is 5.83. The Morgan fingerprint density at radius 3 is 2.92 bits per heavy atom. The van der Waals surface area contributed by atoms with Crippen molar-refractivity contribution in [3.05, 3.63) is 36.0 Å². The van der Waals surface area contributed by atoms with Crippen LogP contribution >= 0.6 is 0 Å². The molecular weight excluding hydrogens is 326 g/mol. The van der Waals surface area contributed by atoms with E-state index < -0.39 is 6.09 Å². The number of anilines is 1. The minimum atomic E-state index is -0.614. The Labute approximate surface area is 145 Å². The van der Waals surface area contributed by atoms with Crippen LogP contribution < -0.4 is 15.4 Å². The highest BCUT2D eigenvalue weighted by atomic mass is 16.5. The number of amides is 2. The molecule has 0 aliphatic rings. The van der Waals surface area contributed by atoms with E-state index in [2.05, 4.69) is 20.9 Å². The normalized spacial score (nSPS) is 10.2. The molecule has 0 spiro atoms. The zero-order valence-electron chi connectivity index (χ0n) is 14.2. The standard InChI is InChI=1S/C16H21N5O4/c1-3-25-16(23)18-14-10-21(20-19-14)11-15(22)17-8-7-12-5-4-6-13(9-12)24-2/h4-6,9-10H,3,7-8,11H2,1-2H3,(H,17,22)(H,18,23). The van der Waals surface area contributed by atoms with Gasteiger partial charge in [0.15, 0.2) is 5.82 Å². The number of carbonyl (C=O) groups excluding carboxylic acids is 2. The molecule has 0 aliphatic heterocycles. The van der Waals surface area contributed by atoms with Crippen molar-refractivity contribution in [3.8, 4) is 5.75 Å². The Morgan fingerprint density at radius 2 is 2.16 bits per heavy atom.